The molecule has 1 atom stereocenters. The van der Waals surface area contributed by atoms with E-state index in [0.29, 0.717) is 5.95 Å². The summed E-state index contributed by atoms with van der Waals surface area (Å²) in [7, 11) is -2.81. The van der Waals surface area contributed by atoms with E-state index in [1.165, 1.54) is 4.90 Å². The minimum absolute atomic E-state index is 0.0377. The Morgan fingerprint density at radius 3 is 2.82 bits per heavy atom. The van der Waals surface area contributed by atoms with E-state index in [1.807, 2.05) is 0 Å². The number of amides is 1. The molecule has 2 heterocycles. The SMILES string of the molecule is Cn1ccnc1N1CC(CS(=O)(=O)F)CC1=O. The zero-order valence-corrected chi connectivity index (χ0v) is 10.0. The van der Waals surface area contributed by atoms with Gasteiger partial charge in [0.25, 0.3) is 0 Å². The first-order valence-electron chi connectivity index (χ1n) is 5.07. The van der Waals surface area contributed by atoms with Gasteiger partial charge in [-0.1, -0.05) is 0 Å². The summed E-state index contributed by atoms with van der Waals surface area (Å²) in [5.41, 5.74) is 0. The third kappa shape index (κ3) is 2.63. The molecular formula is C9H12FN3O3S. The highest BCUT2D eigenvalue weighted by Crippen LogP contribution is 2.24. The summed E-state index contributed by atoms with van der Waals surface area (Å²) in [6.45, 7) is 0.187. The minimum Gasteiger partial charge on any atom is -0.320 e. The van der Waals surface area contributed by atoms with Gasteiger partial charge in [-0.25, -0.2) is 4.98 Å². The quantitative estimate of drug-likeness (QED) is 0.722. The lowest BCUT2D eigenvalue weighted by molar-refractivity contribution is -0.117. The van der Waals surface area contributed by atoms with Crippen LogP contribution in [0.1, 0.15) is 6.42 Å². The number of carbonyl (C=O) groups excluding carboxylic acids is 1. The van der Waals surface area contributed by atoms with Crippen LogP contribution in [0.2, 0.25) is 0 Å². The van der Waals surface area contributed by atoms with Gasteiger partial charge in [0, 0.05) is 38.3 Å². The third-order valence-corrected chi connectivity index (χ3v) is 3.55. The molecular weight excluding hydrogens is 249 g/mol. The standard InChI is InChI=1S/C9H12FN3O3S/c1-12-3-2-11-9(12)13-5-7(4-8(13)14)6-17(10,15)16/h2-3,7H,4-6H2,1H3. The lowest BCUT2D eigenvalue weighted by Crippen LogP contribution is -2.27. The normalized spacial score (nSPS) is 21.2. The Balaban J connectivity index is 2.14. The van der Waals surface area contributed by atoms with E-state index >= 15 is 0 Å². The second-order valence-corrected chi connectivity index (χ2v) is 5.53. The molecule has 1 amide bonds. The first-order chi connectivity index (χ1) is 7.87. The largest absolute Gasteiger partial charge is 0.320 e. The van der Waals surface area contributed by atoms with Gasteiger partial charge < -0.3 is 4.57 Å². The summed E-state index contributed by atoms with van der Waals surface area (Å²) in [5, 5.41) is 0. The fourth-order valence-electron chi connectivity index (χ4n) is 1.99. The molecule has 0 spiro atoms. The molecule has 2 rings (SSSR count). The van der Waals surface area contributed by atoms with E-state index in [0.717, 1.165) is 0 Å². The molecule has 1 aliphatic heterocycles. The van der Waals surface area contributed by atoms with Gasteiger partial charge in [0.15, 0.2) is 0 Å². The van der Waals surface area contributed by atoms with Crippen LogP contribution < -0.4 is 4.90 Å². The van der Waals surface area contributed by atoms with Gasteiger partial charge in [-0.3, -0.25) is 9.69 Å². The maximum atomic E-state index is 12.5. The van der Waals surface area contributed by atoms with Gasteiger partial charge >= 0.3 is 10.2 Å². The lowest BCUT2D eigenvalue weighted by Gasteiger charge is -2.15. The Labute approximate surface area is 98.3 Å². The zero-order valence-electron chi connectivity index (χ0n) is 9.21. The van der Waals surface area contributed by atoms with Gasteiger partial charge in [-0.15, -0.1) is 3.89 Å². The van der Waals surface area contributed by atoms with E-state index in [4.69, 9.17) is 0 Å². The molecule has 0 saturated carbocycles. The summed E-state index contributed by atoms with van der Waals surface area (Å²) in [6.07, 6.45) is 3.26. The molecule has 1 saturated heterocycles. The summed E-state index contributed by atoms with van der Waals surface area (Å²) < 4.78 is 35.3. The second kappa shape index (κ2) is 4.10. The second-order valence-electron chi connectivity index (χ2n) is 4.12. The highest BCUT2D eigenvalue weighted by Gasteiger charge is 2.35. The molecule has 0 aromatic carbocycles. The van der Waals surface area contributed by atoms with E-state index in [1.54, 1.807) is 24.0 Å². The number of hydrogen-bond donors (Lipinski definition) is 0. The molecule has 1 unspecified atom stereocenters. The summed E-state index contributed by atoms with van der Waals surface area (Å²) in [5.74, 6) is -0.893. The summed E-state index contributed by atoms with van der Waals surface area (Å²) in [6, 6.07) is 0. The molecule has 0 radical (unpaired) electrons. The fourth-order valence-corrected chi connectivity index (χ4v) is 2.77. The lowest BCUT2D eigenvalue weighted by atomic mass is 10.1. The first-order valence-corrected chi connectivity index (χ1v) is 6.62. The van der Waals surface area contributed by atoms with Crippen molar-refractivity contribution in [2.45, 2.75) is 6.42 Å². The van der Waals surface area contributed by atoms with Crippen LogP contribution in [0.15, 0.2) is 12.4 Å². The topological polar surface area (TPSA) is 72.3 Å². The Morgan fingerprint density at radius 2 is 2.29 bits per heavy atom. The monoisotopic (exact) mass is 261 g/mol. The van der Waals surface area contributed by atoms with Crippen LogP contribution in [0, 0.1) is 5.92 Å². The van der Waals surface area contributed by atoms with Crippen LogP contribution >= 0.6 is 0 Å². The Morgan fingerprint density at radius 1 is 1.59 bits per heavy atom. The number of rotatable bonds is 3. The van der Waals surface area contributed by atoms with Gasteiger partial charge in [0.1, 0.15) is 0 Å². The van der Waals surface area contributed by atoms with Crippen molar-refractivity contribution in [3.63, 3.8) is 0 Å². The number of aryl methyl sites for hydroxylation is 1. The fraction of sp³-hybridized carbons (Fsp3) is 0.556. The molecule has 94 valence electrons. The van der Waals surface area contributed by atoms with Crippen molar-refractivity contribution >= 4 is 22.1 Å². The highest BCUT2D eigenvalue weighted by molar-refractivity contribution is 7.86. The summed E-state index contributed by atoms with van der Waals surface area (Å²) >= 11 is 0. The van der Waals surface area contributed by atoms with Crippen molar-refractivity contribution < 1.29 is 17.1 Å². The van der Waals surface area contributed by atoms with E-state index in [9.17, 15) is 17.1 Å². The van der Waals surface area contributed by atoms with Crippen molar-refractivity contribution in [2.24, 2.45) is 13.0 Å². The van der Waals surface area contributed by atoms with Gasteiger partial charge in [-0.2, -0.15) is 8.42 Å². The molecule has 8 heteroatoms. The molecule has 1 aromatic heterocycles. The van der Waals surface area contributed by atoms with Crippen LogP contribution in [0.4, 0.5) is 9.83 Å². The molecule has 0 N–H and O–H groups in total. The molecule has 0 bridgehead atoms. The number of nitrogens with zero attached hydrogens (tertiary/aromatic N) is 3. The van der Waals surface area contributed by atoms with Crippen LogP contribution in [0.5, 0.6) is 0 Å². The Kier molecular flexibility index (Phi) is 2.90. The summed E-state index contributed by atoms with van der Waals surface area (Å²) in [4.78, 5) is 17.1. The first kappa shape index (κ1) is 12.0. The van der Waals surface area contributed by atoms with Crippen LogP contribution in [-0.4, -0.2) is 36.2 Å². The molecule has 1 aliphatic rings. The number of hydrogen-bond acceptors (Lipinski definition) is 4. The van der Waals surface area contributed by atoms with E-state index in [2.05, 4.69) is 4.98 Å². The Bertz CT molecular complexity index is 539. The molecule has 1 fully saturated rings. The minimum atomic E-state index is -4.54. The third-order valence-electron chi connectivity index (χ3n) is 2.68. The number of anilines is 1. The van der Waals surface area contributed by atoms with Crippen molar-refractivity contribution in [3.05, 3.63) is 12.4 Å². The average Bonchev–Trinajstić information content (AvgIpc) is 2.70. The van der Waals surface area contributed by atoms with Crippen LogP contribution in [0.3, 0.4) is 0 Å². The molecule has 1 aromatic rings. The number of carbonyl (C=O) groups is 1. The van der Waals surface area contributed by atoms with Gasteiger partial charge in [-0.05, 0) is 0 Å². The number of imidazole rings is 1. The number of halogens is 1. The van der Waals surface area contributed by atoms with Crippen molar-refractivity contribution in [2.75, 3.05) is 17.2 Å². The molecule has 17 heavy (non-hydrogen) atoms. The van der Waals surface area contributed by atoms with Crippen LogP contribution in [-0.2, 0) is 22.1 Å². The molecule has 6 nitrogen and oxygen atoms in total. The predicted molar refractivity (Wildman–Crippen MR) is 58.6 cm³/mol. The predicted octanol–water partition coefficient (Wildman–Crippen LogP) is 0.0723. The highest BCUT2D eigenvalue weighted by atomic mass is 32.3. The van der Waals surface area contributed by atoms with Crippen LogP contribution in [0.25, 0.3) is 0 Å². The van der Waals surface area contributed by atoms with E-state index < -0.39 is 21.9 Å². The van der Waals surface area contributed by atoms with Gasteiger partial charge in [0.05, 0.1) is 5.75 Å². The number of aromatic nitrogens is 2. The van der Waals surface area contributed by atoms with Crippen molar-refractivity contribution in [1.82, 2.24) is 9.55 Å². The maximum absolute atomic E-state index is 12.5. The van der Waals surface area contributed by atoms with Crippen molar-refractivity contribution in [3.8, 4) is 0 Å². The van der Waals surface area contributed by atoms with Crippen molar-refractivity contribution in [1.29, 1.82) is 0 Å². The average molecular weight is 261 g/mol. The van der Waals surface area contributed by atoms with Gasteiger partial charge in [0.2, 0.25) is 11.9 Å². The maximum Gasteiger partial charge on any atom is 0.302 e. The smallest absolute Gasteiger partial charge is 0.302 e. The Hall–Kier alpha value is -1.44. The van der Waals surface area contributed by atoms with E-state index in [-0.39, 0.29) is 18.9 Å². The zero-order chi connectivity index (χ0) is 12.6. The molecule has 0 aliphatic carbocycles.